The van der Waals surface area contributed by atoms with E-state index >= 15 is 0 Å². The van der Waals surface area contributed by atoms with Gasteiger partial charge in [0.1, 0.15) is 17.4 Å². The highest BCUT2D eigenvalue weighted by Gasteiger charge is 2.30. The number of benzene rings is 2. The Bertz CT molecular complexity index is 744. The summed E-state index contributed by atoms with van der Waals surface area (Å²) in [5.74, 6) is -1.90. The van der Waals surface area contributed by atoms with E-state index in [0.29, 0.717) is 11.1 Å². The van der Waals surface area contributed by atoms with Gasteiger partial charge in [-0.05, 0) is 54.4 Å². The monoisotopic (exact) mass is 342 g/mol. The van der Waals surface area contributed by atoms with Crippen molar-refractivity contribution in [1.82, 2.24) is 0 Å². The Balaban J connectivity index is 2.04. The highest BCUT2D eigenvalue weighted by atomic mass is 19.4. The third-order valence-corrected chi connectivity index (χ3v) is 2.80. The van der Waals surface area contributed by atoms with E-state index < -0.39 is 18.0 Å². The van der Waals surface area contributed by atoms with Gasteiger partial charge in [-0.25, -0.2) is 8.78 Å². The van der Waals surface area contributed by atoms with Gasteiger partial charge in [0, 0.05) is 0 Å². The lowest BCUT2D eigenvalue weighted by Gasteiger charge is -2.08. The first-order chi connectivity index (χ1) is 11.2. The van der Waals surface area contributed by atoms with Crippen molar-refractivity contribution in [2.75, 3.05) is 0 Å². The molecule has 0 fully saturated rings. The van der Waals surface area contributed by atoms with E-state index in [1.165, 1.54) is 18.3 Å². The molecule has 0 spiro atoms. The van der Waals surface area contributed by atoms with Gasteiger partial charge in [-0.2, -0.15) is 10.2 Å². The minimum Gasteiger partial charge on any atom is -0.406 e. The van der Waals surface area contributed by atoms with E-state index in [9.17, 15) is 22.0 Å². The minimum absolute atomic E-state index is 0.327. The van der Waals surface area contributed by atoms with Gasteiger partial charge in [0.05, 0.1) is 18.0 Å². The van der Waals surface area contributed by atoms with Crippen LogP contribution in [0.2, 0.25) is 0 Å². The Morgan fingerprint density at radius 1 is 0.917 bits per heavy atom. The molecule has 0 unspecified atom stereocenters. The van der Waals surface area contributed by atoms with Crippen molar-refractivity contribution in [3.05, 3.63) is 64.7 Å². The highest BCUT2D eigenvalue weighted by molar-refractivity contribution is 5.83. The van der Waals surface area contributed by atoms with Crippen LogP contribution in [0.1, 0.15) is 16.7 Å². The number of alkyl halides is 3. The predicted molar refractivity (Wildman–Crippen MR) is 79.4 cm³/mol. The topological polar surface area (TPSA) is 34.0 Å². The Labute approximate surface area is 134 Å². The van der Waals surface area contributed by atoms with Gasteiger partial charge in [-0.15, -0.1) is 13.2 Å². The molecular formula is C16H11F5N2O. The van der Waals surface area contributed by atoms with Crippen LogP contribution >= 0.6 is 0 Å². The summed E-state index contributed by atoms with van der Waals surface area (Å²) in [6.45, 7) is 1.55. The molecule has 126 valence electrons. The largest absolute Gasteiger partial charge is 0.573 e. The average Bonchev–Trinajstić information content (AvgIpc) is 2.45. The summed E-state index contributed by atoms with van der Waals surface area (Å²) in [5.41, 5.74) is 0.546. The number of halogens is 5. The van der Waals surface area contributed by atoms with Crippen LogP contribution in [0, 0.1) is 18.6 Å². The zero-order valence-electron chi connectivity index (χ0n) is 12.3. The second-order valence-corrected chi connectivity index (χ2v) is 4.75. The van der Waals surface area contributed by atoms with Gasteiger partial charge in [0.25, 0.3) is 0 Å². The molecule has 0 N–H and O–H groups in total. The molecule has 0 atom stereocenters. The Morgan fingerprint density at radius 3 is 2.00 bits per heavy atom. The van der Waals surface area contributed by atoms with Crippen molar-refractivity contribution < 1.29 is 26.7 Å². The molecule has 2 rings (SSSR count). The van der Waals surface area contributed by atoms with Crippen LogP contribution in [0.15, 0.2) is 46.6 Å². The smallest absolute Gasteiger partial charge is 0.406 e. The SMILES string of the molecule is Cc1cc(F)c(C=NN=Cc2ccc(OC(F)(F)F)cc2)c(F)c1. The van der Waals surface area contributed by atoms with E-state index in [1.807, 2.05) is 0 Å². The molecule has 0 heterocycles. The molecule has 2 aromatic carbocycles. The van der Waals surface area contributed by atoms with E-state index in [1.54, 1.807) is 6.92 Å². The summed E-state index contributed by atoms with van der Waals surface area (Å²) in [7, 11) is 0. The predicted octanol–water partition coefficient (Wildman–Crippen LogP) is 4.62. The maximum Gasteiger partial charge on any atom is 0.573 e. The van der Waals surface area contributed by atoms with E-state index in [0.717, 1.165) is 30.5 Å². The van der Waals surface area contributed by atoms with Crippen LogP contribution in [0.5, 0.6) is 5.75 Å². The zero-order chi connectivity index (χ0) is 17.7. The number of hydrogen-bond donors (Lipinski definition) is 0. The maximum atomic E-state index is 13.6. The fourth-order valence-electron chi connectivity index (χ4n) is 1.78. The van der Waals surface area contributed by atoms with Gasteiger partial charge < -0.3 is 4.74 Å². The van der Waals surface area contributed by atoms with Gasteiger partial charge in [0.15, 0.2) is 0 Å². The summed E-state index contributed by atoms with van der Waals surface area (Å²) < 4.78 is 66.9. The van der Waals surface area contributed by atoms with E-state index in [2.05, 4.69) is 14.9 Å². The number of aryl methyl sites for hydroxylation is 1. The normalized spacial score (nSPS) is 12.2. The van der Waals surface area contributed by atoms with Gasteiger partial charge in [-0.3, -0.25) is 0 Å². The van der Waals surface area contributed by atoms with Crippen LogP contribution in [0.4, 0.5) is 22.0 Å². The van der Waals surface area contributed by atoms with Crippen LogP contribution in [-0.4, -0.2) is 18.8 Å². The molecule has 0 aliphatic carbocycles. The first kappa shape index (κ1) is 17.6. The first-order valence-electron chi connectivity index (χ1n) is 6.62. The minimum atomic E-state index is -4.76. The molecule has 3 nitrogen and oxygen atoms in total. The van der Waals surface area contributed by atoms with E-state index in [4.69, 9.17) is 0 Å². The molecular weight excluding hydrogens is 331 g/mol. The second kappa shape index (κ2) is 7.20. The average molecular weight is 342 g/mol. The van der Waals surface area contributed by atoms with Crippen molar-refractivity contribution in [1.29, 1.82) is 0 Å². The van der Waals surface area contributed by atoms with Crippen molar-refractivity contribution in [2.45, 2.75) is 13.3 Å². The van der Waals surface area contributed by atoms with Crippen molar-refractivity contribution in [3.8, 4) is 5.75 Å². The summed E-state index contributed by atoms with van der Waals surface area (Å²) in [6.07, 6.45) is -2.62. The third-order valence-electron chi connectivity index (χ3n) is 2.80. The molecule has 0 aromatic heterocycles. The Kier molecular flexibility index (Phi) is 5.28. The molecule has 0 saturated heterocycles. The van der Waals surface area contributed by atoms with Crippen molar-refractivity contribution >= 4 is 12.4 Å². The molecule has 0 aliphatic rings. The maximum absolute atomic E-state index is 13.6. The van der Waals surface area contributed by atoms with Crippen LogP contribution < -0.4 is 4.74 Å². The van der Waals surface area contributed by atoms with Gasteiger partial charge in [-0.1, -0.05) is 0 Å². The van der Waals surface area contributed by atoms with Gasteiger partial charge >= 0.3 is 6.36 Å². The quantitative estimate of drug-likeness (QED) is 0.453. The molecule has 24 heavy (non-hydrogen) atoms. The number of hydrogen-bond acceptors (Lipinski definition) is 3. The Morgan fingerprint density at radius 2 is 1.46 bits per heavy atom. The summed E-state index contributed by atoms with van der Waals surface area (Å²) in [5, 5.41) is 7.12. The Hall–Kier alpha value is -2.77. The molecule has 0 bridgehead atoms. The van der Waals surface area contributed by atoms with Crippen LogP contribution in [0.3, 0.4) is 0 Å². The summed E-state index contributed by atoms with van der Waals surface area (Å²) in [6, 6.07) is 7.19. The van der Waals surface area contributed by atoms with Gasteiger partial charge in [0.2, 0.25) is 0 Å². The molecule has 2 aromatic rings. The molecule has 8 heteroatoms. The molecule has 0 aliphatic heterocycles. The lowest BCUT2D eigenvalue weighted by atomic mass is 10.1. The third kappa shape index (κ3) is 5.15. The lowest BCUT2D eigenvalue weighted by molar-refractivity contribution is -0.274. The summed E-state index contributed by atoms with van der Waals surface area (Å²) in [4.78, 5) is 0. The highest BCUT2D eigenvalue weighted by Crippen LogP contribution is 2.22. The van der Waals surface area contributed by atoms with E-state index in [-0.39, 0.29) is 11.3 Å². The van der Waals surface area contributed by atoms with Crippen molar-refractivity contribution in [2.24, 2.45) is 10.2 Å². The summed E-state index contributed by atoms with van der Waals surface area (Å²) >= 11 is 0. The fourth-order valence-corrected chi connectivity index (χ4v) is 1.78. The van der Waals surface area contributed by atoms with Crippen LogP contribution in [0.25, 0.3) is 0 Å². The molecule has 0 amide bonds. The van der Waals surface area contributed by atoms with Crippen molar-refractivity contribution in [3.63, 3.8) is 0 Å². The number of ether oxygens (including phenoxy) is 1. The zero-order valence-corrected chi connectivity index (χ0v) is 12.3. The lowest BCUT2D eigenvalue weighted by Crippen LogP contribution is -2.16. The second-order valence-electron chi connectivity index (χ2n) is 4.75. The molecule has 0 saturated carbocycles. The molecule has 0 radical (unpaired) electrons. The fraction of sp³-hybridized carbons (Fsp3) is 0.125. The number of rotatable bonds is 4. The van der Waals surface area contributed by atoms with Crippen LogP contribution in [-0.2, 0) is 0 Å². The number of nitrogens with zero attached hydrogens (tertiary/aromatic N) is 2. The first-order valence-corrected chi connectivity index (χ1v) is 6.62. The standard InChI is InChI=1S/C16H11F5N2O/c1-10-6-14(17)13(15(18)7-10)9-23-22-8-11-2-4-12(5-3-11)24-16(19,20)21/h2-9H,1H3.